The Labute approximate surface area is 290 Å². The van der Waals surface area contributed by atoms with E-state index in [0.29, 0.717) is 63.2 Å². The minimum absolute atomic E-state index is 0.0594. The van der Waals surface area contributed by atoms with Crippen molar-refractivity contribution in [3.05, 3.63) is 47.3 Å². The predicted octanol–water partition coefficient (Wildman–Crippen LogP) is 4.46. The molecule has 1 amide bonds. The van der Waals surface area contributed by atoms with Gasteiger partial charge in [0.2, 0.25) is 0 Å². The molecule has 11 heteroatoms. The monoisotopic (exact) mass is 682 g/mol. The summed E-state index contributed by atoms with van der Waals surface area (Å²) in [6.07, 6.45) is 8.46. The number of carbonyl (C=O) groups is 4. The number of rotatable bonds is 17. The highest BCUT2D eigenvalue weighted by Gasteiger charge is 2.31. The van der Waals surface area contributed by atoms with Gasteiger partial charge in [-0.05, 0) is 81.3 Å². The van der Waals surface area contributed by atoms with Crippen LogP contribution in [0.4, 0.5) is 14.9 Å². The molecular weight excluding hydrogens is 627 g/mol. The van der Waals surface area contributed by atoms with E-state index in [1.807, 2.05) is 52.1 Å². The first-order valence-electron chi connectivity index (χ1n) is 17.9. The summed E-state index contributed by atoms with van der Waals surface area (Å²) in [6, 6.07) is 4.94. The number of hydrogen-bond donors (Lipinski definition) is 1. The first-order chi connectivity index (χ1) is 23.5. The van der Waals surface area contributed by atoms with Crippen LogP contribution < -0.4 is 4.90 Å². The summed E-state index contributed by atoms with van der Waals surface area (Å²) < 4.78 is 20.8. The zero-order valence-corrected chi connectivity index (χ0v) is 29.6. The number of halogens is 1. The van der Waals surface area contributed by atoms with Crippen LogP contribution in [-0.4, -0.2) is 122 Å². The Balaban J connectivity index is 1.41. The minimum Gasteiger partial charge on any atom is -0.442 e. The van der Waals surface area contributed by atoms with E-state index in [1.54, 1.807) is 4.90 Å². The molecule has 1 aliphatic carbocycles. The highest BCUT2D eigenvalue weighted by atomic mass is 19.1. The number of allylic oxidation sites excluding steroid dienone is 2. The molecule has 2 heterocycles. The Kier molecular flexibility index (Phi) is 14.5. The molecule has 270 valence electrons. The minimum atomic E-state index is -0.750. The number of aliphatic hydroxyl groups excluding tert-OH is 1. The van der Waals surface area contributed by atoms with Crippen LogP contribution in [0.1, 0.15) is 58.4 Å². The number of ether oxygens (including phenoxy) is 1. The van der Waals surface area contributed by atoms with Crippen LogP contribution >= 0.6 is 0 Å². The topological polar surface area (TPSA) is 111 Å². The molecule has 1 N–H and O–H groups in total. The number of likely N-dealkylation sites (N-methyl/N-ethyl adjacent to an activating group) is 1. The maximum absolute atomic E-state index is 14.8. The zero-order valence-electron chi connectivity index (χ0n) is 29.6. The van der Waals surface area contributed by atoms with Gasteiger partial charge in [-0.1, -0.05) is 31.6 Å². The molecule has 0 unspecified atom stereocenters. The van der Waals surface area contributed by atoms with Gasteiger partial charge in [-0.2, -0.15) is 0 Å². The van der Waals surface area contributed by atoms with E-state index in [4.69, 9.17) is 4.74 Å². The first-order valence-corrected chi connectivity index (χ1v) is 17.9. The van der Waals surface area contributed by atoms with Crippen molar-refractivity contribution in [2.75, 3.05) is 70.9 Å². The second kappa shape index (κ2) is 18.5. The Bertz CT molecular complexity index is 1330. The molecule has 2 aliphatic heterocycles. The van der Waals surface area contributed by atoms with Gasteiger partial charge in [-0.3, -0.25) is 9.69 Å². The van der Waals surface area contributed by atoms with E-state index in [-0.39, 0.29) is 30.0 Å². The van der Waals surface area contributed by atoms with Crippen LogP contribution in [0.3, 0.4) is 0 Å². The third-order valence-corrected chi connectivity index (χ3v) is 10.2. The van der Waals surface area contributed by atoms with Crippen molar-refractivity contribution in [1.82, 2.24) is 14.7 Å². The van der Waals surface area contributed by atoms with Crippen molar-refractivity contribution in [3.8, 4) is 0 Å². The number of benzene rings is 1. The quantitative estimate of drug-likeness (QED) is 0.188. The molecule has 5 atom stereocenters. The third kappa shape index (κ3) is 11.9. The molecule has 4 rings (SSSR count). The summed E-state index contributed by atoms with van der Waals surface area (Å²) in [5.41, 5.74) is 2.23. The molecule has 1 aromatic rings. The standard InChI is InChI=1S/C38H55FN4O6/c1-27(6-10-37(28(2)5-9-34(46)11-20-44)49-38(48)43-16-12-40(4)13-17-43)35(26-45)29(3)21-30-22-32(39)24-33(23-30)42-18-14-41(15-19-42)25-36(47)31-7-8-31/h6,10,20-24,26-28,31,34-35,37,46H,5,7-9,11-19,25H2,1-4H3/b10-6+,29-21+/t27-,28-,34+,35-,37-/m0/s1. The molecule has 1 saturated carbocycles. The SMILES string of the molecule is C/C(=C\c1cc(F)cc(N2CCN(CC(=O)C3CC3)CC2)c1)[C@@H](C=O)[C@@H](C)/C=C/[C@H](OC(=O)N1CCN(C)CC1)[C@@H](C)CC[C@@H](O)CC=O. The van der Waals surface area contributed by atoms with Crippen molar-refractivity contribution in [2.45, 2.75) is 65.1 Å². The lowest BCUT2D eigenvalue weighted by Crippen LogP contribution is -2.48. The van der Waals surface area contributed by atoms with Gasteiger partial charge in [-0.25, -0.2) is 9.18 Å². The van der Waals surface area contributed by atoms with Crippen LogP contribution in [0, 0.1) is 29.5 Å². The Hall–Kier alpha value is -3.41. The van der Waals surface area contributed by atoms with Gasteiger partial charge >= 0.3 is 6.09 Å². The average molecular weight is 683 g/mol. The molecule has 49 heavy (non-hydrogen) atoms. The number of ketones is 1. The van der Waals surface area contributed by atoms with Crippen LogP contribution in [0.15, 0.2) is 35.9 Å². The number of anilines is 1. The molecule has 3 fully saturated rings. The van der Waals surface area contributed by atoms with Gasteiger partial charge in [0.15, 0.2) is 0 Å². The normalized spacial score (nSPS) is 21.2. The largest absolute Gasteiger partial charge is 0.442 e. The number of amides is 1. The second-order valence-corrected chi connectivity index (χ2v) is 14.3. The lowest BCUT2D eigenvalue weighted by atomic mass is 9.86. The summed E-state index contributed by atoms with van der Waals surface area (Å²) >= 11 is 0. The van der Waals surface area contributed by atoms with E-state index in [0.717, 1.165) is 56.6 Å². The van der Waals surface area contributed by atoms with Crippen LogP contribution in [0.2, 0.25) is 0 Å². The maximum atomic E-state index is 14.8. The maximum Gasteiger partial charge on any atom is 0.410 e. The highest BCUT2D eigenvalue weighted by Crippen LogP contribution is 2.31. The molecule has 10 nitrogen and oxygen atoms in total. The Morgan fingerprint density at radius 1 is 0.980 bits per heavy atom. The van der Waals surface area contributed by atoms with Crippen LogP contribution in [-0.2, 0) is 19.1 Å². The summed E-state index contributed by atoms with van der Waals surface area (Å²) in [5, 5.41) is 10.1. The number of aldehydes is 2. The van der Waals surface area contributed by atoms with Gasteiger partial charge in [0.05, 0.1) is 12.6 Å². The van der Waals surface area contributed by atoms with Gasteiger partial charge in [0.25, 0.3) is 0 Å². The number of piperazine rings is 2. The summed E-state index contributed by atoms with van der Waals surface area (Å²) in [6.45, 7) is 11.8. The molecule has 0 aromatic heterocycles. The van der Waals surface area contributed by atoms with Gasteiger partial charge in [-0.15, -0.1) is 0 Å². The number of Topliss-reactive ketones (excluding diaryl/α,β-unsaturated/α-hetero) is 1. The molecule has 0 radical (unpaired) electrons. The van der Waals surface area contributed by atoms with Gasteiger partial charge in [0, 0.05) is 76.3 Å². The smallest absolute Gasteiger partial charge is 0.410 e. The average Bonchev–Trinajstić information content (AvgIpc) is 3.92. The first kappa shape index (κ1) is 38.4. The number of carbonyl (C=O) groups excluding carboxylic acids is 4. The molecular formula is C38H55FN4O6. The molecule has 2 saturated heterocycles. The number of nitrogens with zero attached hydrogens (tertiary/aromatic N) is 4. The van der Waals surface area contributed by atoms with Gasteiger partial charge in [0.1, 0.15) is 30.3 Å². The van der Waals surface area contributed by atoms with Crippen molar-refractivity contribution in [2.24, 2.45) is 23.7 Å². The molecule has 3 aliphatic rings. The van der Waals surface area contributed by atoms with E-state index < -0.39 is 24.2 Å². The van der Waals surface area contributed by atoms with Crippen molar-refractivity contribution in [3.63, 3.8) is 0 Å². The number of hydrogen-bond acceptors (Lipinski definition) is 9. The third-order valence-electron chi connectivity index (χ3n) is 10.2. The van der Waals surface area contributed by atoms with E-state index in [9.17, 15) is 28.7 Å². The van der Waals surface area contributed by atoms with Crippen molar-refractivity contribution in [1.29, 1.82) is 0 Å². The molecule has 0 spiro atoms. The van der Waals surface area contributed by atoms with E-state index in [1.165, 1.54) is 12.1 Å². The van der Waals surface area contributed by atoms with E-state index >= 15 is 0 Å². The number of aliphatic hydroxyl groups is 1. The summed E-state index contributed by atoms with van der Waals surface area (Å²) in [4.78, 5) is 56.8. The zero-order chi connectivity index (χ0) is 35.5. The van der Waals surface area contributed by atoms with Gasteiger partial charge < -0.3 is 34.1 Å². The van der Waals surface area contributed by atoms with Crippen molar-refractivity contribution < 1.29 is 33.4 Å². The predicted molar refractivity (Wildman–Crippen MR) is 189 cm³/mol. The van der Waals surface area contributed by atoms with Crippen molar-refractivity contribution >= 4 is 36.2 Å². The van der Waals surface area contributed by atoms with Crippen LogP contribution in [0.25, 0.3) is 6.08 Å². The Morgan fingerprint density at radius 3 is 2.31 bits per heavy atom. The van der Waals surface area contributed by atoms with E-state index in [2.05, 4.69) is 14.7 Å². The Morgan fingerprint density at radius 2 is 1.67 bits per heavy atom. The van der Waals surface area contributed by atoms with Crippen LogP contribution in [0.5, 0.6) is 0 Å². The fourth-order valence-electron chi connectivity index (χ4n) is 6.56. The molecule has 0 bridgehead atoms. The summed E-state index contributed by atoms with van der Waals surface area (Å²) in [7, 11) is 2.01. The highest BCUT2D eigenvalue weighted by molar-refractivity contribution is 5.85. The fourth-order valence-corrected chi connectivity index (χ4v) is 6.56. The molecule has 1 aromatic carbocycles. The fraction of sp³-hybridized carbons (Fsp3) is 0.632. The summed E-state index contributed by atoms with van der Waals surface area (Å²) in [5.74, 6) is -0.644. The second-order valence-electron chi connectivity index (χ2n) is 14.3. The lowest BCUT2D eigenvalue weighted by Gasteiger charge is -2.36. The lowest BCUT2D eigenvalue weighted by molar-refractivity contribution is -0.121.